The van der Waals surface area contributed by atoms with Crippen LogP contribution in [0.4, 0.5) is 0 Å². The minimum Gasteiger partial charge on any atom is -0.338 e. The van der Waals surface area contributed by atoms with Gasteiger partial charge in [0.25, 0.3) is 0 Å². The standard InChI is InChI=1S/C12H12BrNO/c1-8-11(7-14(2)12(8)15)9-3-5-10(13)6-4-9/h3-6H,7H2,1-2H3. The Labute approximate surface area is 97.7 Å². The summed E-state index contributed by atoms with van der Waals surface area (Å²) in [6.07, 6.45) is 0. The van der Waals surface area contributed by atoms with Crippen LogP contribution in [0.25, 0.3) is 5.57 Å². The molecule has 0 spiro atoms. The highest BCUT2D eigenvalue weighted by Gasteiger charge is 2.24. The van der Waals surface area contributed by atoms with E-state index in [0.29, 0.717) is 6.54 Å². The van der Waals surface area contributed by atoms with Gasteiger partial charge in [-0.05, 0) is 30.2 Å². The van der Waals surface area contributed by atoms with Crippen LogP contribution in [0.1, 0.15) is 12.5 Å². The van der Waals surface area contributed by atoms with E-state index < -0.39 is 0 Å². The molecular formula is C12H12BrNO. The molecule has 3 heteroatoms. The van der Waals surface area contributed by atoms with Crippen LogP contribution in [-0.4, -0.2) is 24.4 Å². The third-order valence-corrected chi connectivity index (χ3v) is 3.24. The molecule has 15 heavy (non-hydrogen) atoms. The van der Waals surface area contributed by atoms with Gasteiger partial charge in [-0.3, -0.25) is 4.79 Å². The number of carbonyl (C=O) groups excluding carboxylic acids is 1. The highest BCUT2D eigenvalue weighted by molar-refractivity contribution is 9.10. The number of likely N-dealkylation sites (N-methyl/N-ethyl adjacent to an activating group) is 1. The van der Waals surface area contributed by atoms with Gasteiger partial charge in [-0.15, -0.1) is 0 Å². The molecule has 0 aliphatic carbocycles. The van der Waals surface area contributed by atoms with Crippen molar-refractivity contribution in [2.24, 2.45) is 0 Å². The fraction of sp³-hybridized carbons (Fsp3) is 0.250. The number of hydrogen-bond donors (Lipinski definition) is 0. The topological polar surface area (TPSA) is 20.3 Å². The number of benzene rings is 1. The Balaban J connectivity index is 2.40. The smallest absolute Gasteiger partial charge is 0.249 e. The Morgan fingerprint density at radius 2 is 1.87 bits per heavy atom. The lowest BCUT2D eigenvalue weighted by Crippen LogP contribution is -2.21. The Morgan fingerprint density at radius 3 is 2.33 bits per heavy atom. The third kappa shape index (κ3) is 1.84. The van der Waals surface area contributed by atoms with E-state index in [4.69, 9.17) is 0 Å². The average Bonchev–Trinajstić information content (AvgIpc) is 2.47. The summed E-state index contributed by atoms with van der Waals surface area (Å²) in [4.78, 5) is 13.4. The first-order valence-electron chi connectivity index (χ1n) is 4.81. The second kappa shape index (κ2) is 3.81. The van der Waals surface area contributed by atoms with Gasteiger partial charge in [-0.25, -0.2) is 0 Å². The van der Waals surface area contributed by atoms with Crippen LogP contribution in [0.15, 0.2) is 34.3 Å². The lowest BCUT2D eigenvalue weighted by atomic mass is 10.0. The largest absolute Gasteiger partial charge is 0.338 e. The van der Waals surface area contributed by atoms with Crippen molar-refractivity contribution < 1.29 is 4.79 Å². The van der Waals surface area contributed by atoms with Crippen LogP contribution < -0.4 is 0 Å². The summed E-state index contributed by atoms with van der Waals surface area (Å²) in [5.74, 6) is 0.132. The second-order valence-corrected chi connectivity index (χ2v) is 4.69. The molecule has 0 bridgehead atoms. The van der Waals surface area contributed by atoms with Crippen molar-refractivity contribution in [3.8, 4) is 0 Å². The van der Waals surface area contributed by atoms with Crippen molar-refractivity contribution in [3.63, 3.8) is 0 Å². The van der Waals surface area contributed by atoms with E-state index >= 15 is 0 Å². The summed E-state index contributed by atoms with van der Waals surface area (Å²) in [5, 5.41) is 0. The molecule has 2 nitrogen and oxygen atoms in total. The van der Waals surface area contributed by atoms with Crippen molar-refractivity contribution in [2.45, 2.75) is 6.92 Å². The van der Waals surface area contributed by atoms with Gasteiger partial charge in [0.05, 0.1) is 0 Å². The molecule has 0 fully saturated rings. The fourth-order valence-electron chi connectivity index (χ4n) is 1.80. The SMILES string of the molecule is CC1=C(c2ccc(Br)cc2)CN(C)C1=O. The molecule has 0 atom stereocenters. The van der Waals surface area contributed by atoms with E-state index in [0.717, 1.165) is 21.2 Å². The minimum absolute atomic E-state index is 0.132. The van der Waals surface area contributed by atoms with Gasteiger partial charge >= 0.3 is 0 Å². The summed E-state index contributed by atoms with van der Waals surface area (Å²) < 4.78 is 1.06. The van der Waals surface area contributed by atoms with Crippen molar-refractivity contribution >= 4 is 27.4 Å². The molecule has 0 aromatic heterocycles. The molecule has 2 rings (SSSR count). The summed E-state index contributed by atoms with van der Waals surface area (Å²) in [6, 6.07) is 8.07. The van der Waals surface area contributed by atoms with Gasteiger partial charge in [0.1, 0.15) is 0 Å². The Morgan fingerprint density at radius 1 is 1.27 bits per heavy atom. The van der Waals surface area contributed by atoms with Crippen LogP contribution in [0, 0.1) is 0 Å². The highest BCUT2D eigenvalue weighted by Crippen LogP contribution is 2.27. The van der Waals surface area contributed by atoms with Gasteiger partial charge in [0.15, 0.2) is 0 Å². The first kappa shape index (κ1) is 10.4. The van der Waals surface area contributed by atoms with Crippen molar-refractivity contribution in [3.05, 3.63) is 39.9 Å². The van der Waals surface area contributed by atoms with Gasteiger partial charge in [-0.1, -0.05) is 28.1 Å². The van der Waals surface area contributed by atoms with Crippen LogP contribution in [0.3, 0.4) is 0 Å². The number of hydrogen-bond acceptors (Lipinski definition) is 1. The first-order valence-corrected chi connectivity index (χ1v) is 5.60. The minimum atomic E-state index is 0.132. The Hall–Kier alpha value is -1.09. The monoisotopic (exact) mass is 265 g/mol. The average molecular weight is 266 g/mol. The third-order valence-electron chi connectivity index (χ3n) is 2.71. The molecule has 0 saturated carbocycles. The van der Waals surface area contributed by atoms with E-state index in [-0.39, 0.29) is 5.91 Å². The number of carbonyl (C=O) groups is 1. The Bertz CT molecular complexity index is 433. The lowest BCUT2D eigenvalue weighted by Gasteiger charge is -2.08. The fourth-order valence-corrected chi connectivity index (χ4v) is 2.07. The number of halogens is 1. The molecule has 1 amide bonds. The van der Waals surface area contributed by atoms with Gasteiger partial charge in [0.2, 0.25) is 5.91 Å². The highest BCUT2D eigenvalue weighted by atomic mass is 79.9. The summed E-state index contributed by atoms with van der Waals surface area (Å²) >= 11 is 3.40. The van der Waals surface area contributed by atoms with E-state index in [1.165, 1.54) is 0 Å². The molecule has 78 valence electrons. The zero-order valence-electron chi connectivity index (χ0n) is 8.75. The molecular weight excluding hydrogens is 254 g/mol. The van der Waals surface area contributed by atoms with Gasteiger partial charge in [0, 0.05) is 23.6 Å². The van der Waals surface area contributed by atoms with Gasteiger partial charge in [-0.2, -0.15) is 0 Å². The quantitative estimate of drug-likeness (QED) is 0.765. The van der Waals surface area contributed by atoms with Crippen molar-refractivity contribution in [2.75, 3.05) is 13.6 Å². The summed E-state index contributed by atoms with van der Waals surface area (Å²) in [7, 11) is 1.83. The van der Waals surface area contributed by atoms with E-state index in [2.05, 4.69) is 15.9 Å². The van der Waals surface area contributed by atoms with Crippen LogP contribution in [0.5, 0.6) is 0 Å². The summed E-state index contributed by atoms with van der Waals surface area (Å²) in [6.45, 7) is 2.61. The first-order chi connectivity index (χ1) is 7.09. The lowest BCUT2D eigenvalue weighted by molar-refractivity contribution is -0.124. The zero-order valence-corrected chi connectivity index (χ0v) is 10.3. The maximum absolute atomic E-state index is 11.6. The number of nitrogens with zero attached hydrogens (tertiary/aromatic N) is 1. The van der Waals surface area contributed by atoms with Gasteiger partial charge < -0.3 is 4.90 Å². The molecule has 0 saturated heterocycles. The van der Waals surface area contributed by atoms with Crippen molar-refractivity contribution in [1.29, 1.82) is 0 Å². The number of amides is 1. The zero-order chi connectivity index (χ0) is 11.0. The predicted molar refractivity (Wildman–Crippen MR) is 64.4 cm³/mol. The van der Waals surface area contributed by atoms with Crippen LogP contribution in [-0.2, 0) is 4.79 Å². The van der Waals surface area contributed by atoms with E-state index in [1.54, 1.807) is 4.90 Å². The summed E-state index contributed by atoms with van der Waals surface area (Å²) in [5.41, 5.74) is 3.13. The normalized spacial score (nSPS) is 16.5. The number of rotatable bonds is 1. The molecule has 1 aliphatic heterocycles. The Kier molecular flexibility index (Phi) is 2.65. The van der Waals surface area contributed by atoms with E-state index in [9.17, 15) is 4.79 Å². The molecule has 1 aliphatic rings. The van der Waals surface area contributed by atoms with Crippen molar-refractivity contribution in [1.82, 2.24) is 4.90 Å². The molecule has 0 N–H and O–H groups in total. The van der Waals surface area contributed by atoms with Crippen LogP contribution in [0.2, 0.25) is 0 Å². The van der Waals surface area contributed by atoms with Crippen LogP contribution >= 0.6 is 15.9 Å². The predicted octanol–water partition coefficient (Wildman–Crippen LogP) is 2.69. The maximum Gasteiger partial charge on any atom is 0.249 e. The molecule has 1 aromatic rings. The second-order valence-electron chi connectivity index (χ2n) is 3.77. The molecule has 1 aromatic carbocycles. The molecule has 1 heterocycles. The molecule has 0 radical (unpaired) electrons. The maximum atomic E-state index is 11.6. The van der Waals surface area contributed by atoms with E-state index in [1.807, 2.05) is 38.2 Å². The molecule has 0 unspecified atom stereocenters.